The van der Waals surface area contributed by atoms with Crippen LogP contribution in [0.1, 0.15) is 65.2 Å². The molecule has 4 aliphatic carbocycles. The fourth-order valence-corrected chi connectivity index (χ4v) is 6.61. The number of ketones is 3. The van der Waals surface area contributed by atoms with Gasteiger partial charge in [0.1, 0.15) is 17.3 Å². The van der Waals surface area contributed by atoms with E-state index in [9.17, 15) is 14.4 Å². The Kier molecular flexibility index (Phi) is 3.00. The van der Waals surface area contributed by atoms with Crippen LogP contribution < -0.4 is 0 Å². The van der Waals surface area contributed by atoms with Gasteiger partial charge in [-0.3, -0.25) is 14.4 Å². The second-order valence-electron chi connectivity index (χ2n) is 8.77. The van der Waals surface area contributed by atoms with Crippen molar-refractivity contribution in [3.05, 3.63) is 0 Å². The third-order valence-electron chi connectivity index (χ3n) is 7.99. The molecule has 0 heterocycles. The van der Waals surface area contributed by atoms with Crippen LogP contribution in [-0.4, -0.2) is 17.3 Å². The first kappa shape index (κ1) is 14.6. The van der Waals surface area contributed by atoms with E-state index in [4.69, 9.17) is 0 Å². The molecule has 0 saturated heterocycles. The van der Waals surface area contributed by atoms with E-state index in [1.54, 1.807) is 0 Å². The lowest BCUT2D eigenvalue weighted by atomic mass is 9.45. The summed E-state index contributed by atoms with van der Waals surface area (Å²) in [5, 5.41) is 0. The fraction of sp³-hybridized carbons (Fsp3) is 0.842. The van der Waals surface area contributed by atoms with Crippen LogP contribution in [0.25, 0.3) is 0 Å². The van der Waals surface area contributed by atoms with E-state index in [2.05, 4.69) is 13.8 Å². The molecule has 4 fully saturated rings. The molecule has 120 valence electrons. The van der Waals surface area contributed by atoms with Gasteiger partial charge in [-0.25, -0.2) is 0 Å². The lowest BCUT2D eigenvalue weighted by Crippen LogP contribution is -2.56. The summed E-state index contributed by atoms with van der Waals surface area (Å²) in [7, 11) is 0. The number of fused-ring (bicyclic) bond motifs is 5. The maximum Gasteiger partial charge on any atom is 0.139 e. The second-order valence-corrected chi connectivity index (χ2v) is 8.77. The summed E-state index contributed by atoms with van der Waals surface area (Å²) in [6, 6.07) is 0. The van der Waals surface area contributed by atoms with Crippen molar-refractivity contribution < 1.29 is 14.4 Å². The van der Waals surface area contributed by atoms with E-state index in [1.807, 2.05) is 0 Å². The number of Topliss-reactive ketones (excluding diaryl/α,β-unsaturated/α-hetero) is 3. The Balaban J connectivity index is 1.71. The van der Waals surface area contributed by atoms with E-state index in [0.717, 1.165) is 25.7 Å². The summed E-state index contributed by atoms with van der Waals surface area (Å²) in [4.78, 5) is 37.0. The van der Waals surface area contributed by atoms with Crippen LogP contribution in [0.15, 0.2) is 0 Å². The lowest BCUT2D eigenvalue weighted by molar-refractivity contribution is -0.159. The zero-order valence-electron chi connectivity index (χ0n) is 13.7. The van der Waals surface area contributed by atoms with Gasteiger partial charge in [0.25, 0.3) is 0 Å². The topological polar surface area (TPSA) is 51.2 Å². The zero-order valence-corrected chi connectivity index (χ0v) is 13.7. The third kappa shape index (κ3) is 1.71. The van der Waals surface area contributed by atoms with Gasteiger partial charge in [-0.2, -0.15) is 0 Å². The molecule has 0 radical (unpaired) electrons. The van der Waals surface area contributed by atoms with Crippen LogP contribution in [0.4, 0.5) is 0 Å². The van der Waals surface area contributed by atoms with Crippen LogP contribution in [0.3, 0.4) is 0 Å². The van der Waals surface area contributed by atoms with E-state index >= 15 is 0 Å². The average Bonchev–Trinajstić information content (AvgIpc) is 2.77. The number of hydrogen-bond acceptors (Lipinski definition) is 3. The molecule has 0 amide bonds. The van der Waals surface area contributed by atoms with E-state index in [0.29, 0.717) is 55.0 Å². The predicted octanol–water partition coefficient (Wildman–Crippen LogP) is 3.35. The molecule has 4 aliphatic rings. The molecule has 0 aromatic heterocycles. The maximum absolute atomic E-state index is 12.8. The quantitative estimate of drug-likeness (QED) is 0.689. The number of hydrogen-bond donors (Lipinski definition) is 0. The van der Waals surface area contributed by atoms with Crippen molar-refractivity contribution >= 4 is 17.3 Å². The summed E-state index contributed by atoms with van der Waals surface area (Å²) in [5.74, 6) is 2.27. The van der Waals surface area contributed by atoms with Gasteiger partial charge in [-0.1, -0.05) is 13.8 Å². The highest BCUT2D eigenvalue weighted by Crippen LogP contribution is 2.64. The molecule has 0 N–H and O–H groups in total. The first-order valence-electron chi connectivity index (χ1n) is 8.94. The van der Waals surface area contributed by atoms with Crippen molar-refractivity contribution in [1.82, 2.24) is 0 Å². The lowest BCUT2D eigenvalue weighted by Gasteiger charge is -2.58. The largest absolute Gasteiger partial charge is 0.300 e. The molecule has 0 aromatic carbocycles. The van der Waals surface area contributed by atoms with Crippen molar-refractivity contribution in [2.75, 3.05) is 0 Å². The normalized spacial score (nSPS) is 51.3. The highest BCUT2D eigenvalue weighted by molar-refractivity contribution is 5.91. The Hall–Kier alpha value is -0.990. The van der Waals surface area contributed by atoms with Gasteiger partial charge in [0.05, 0.1) is 0 Å². The molecular weight excluding hydrogens is 276 g/mol. The zero-order chi connectivity index (χ0) is 15.7. The Bertz CT molecular complexity index is 565. The highest BCUT2D eigenvalue weighted by atomic mass is 16.1. The monoisotopic (exact) mass is 302 g/mol. The third-order valence-corrected chi connectivity index (χ3v) is 7.99. The second kappa shape index (κ2) is 4.52. The summed E-state index contributed by atoms with van der Waals surface area (Å²) < 4.78 is 0. The average molecular weight is 302 g/mol. The highest BCUT2D eigenvalue weighted by Gasteiger charge is 2.62. The van der Waals surface area contributed by atoms with Crippen LogP contribution in [-0.2, 0) is 14.4 Å². The SMILES string of the molecule is C[C@]12CCC(=O)C[C@H]1C(=O)C[C@@H]1[C@@H]2CC[C@]2(C)C(=O)CC[C@@H]12. The van der Waals surface area contributed by atoms with Gasteiger partial charge in [0.2, 0.25) is 0 Å². The first-order chi connectivity index (χ1) is 10.4. The molecule has 4 saturated carbocycles. The molecule has 6 atom stereocenters. The summed E-state index contributed by atoms with van der Waals surface area (Å²) in [6.45, 7) is 4.41. The number of carbonyl (C=O) groups is 3. The van der Waals surface area contributed by atoms with Crippen molar-refractivity contribution in [3.8, 4) is 0 Å². The molecule has 0 spiro atoms. The molecule has 3 nitrogen and oxygen atoms in total. The first-order valence-corrected chi connectivity index (χ1v) is 8.94. The van der Waals surface area contributed by atoms with Crippen LogP contribution in [0, 0.1) is 34.5 Å². The fourth-order valence-electron chi connectivity index (χ4n) is 6.61. The smallest absolute Gasteiger partial charge is 0.139 e. The molecule has 0 aliphatic heterocycles. The molecule has 0 bridgehead atoms. The minimum atomic E-state index is -0.171. The standard InChI is InChI=1S/C19H26O3/c1-18-7-5-11(20)9-15(18)16(21)10-12-13-3-4-17(22)19(13,2)8-6-14(12)18/h12-15H,3-10H2,1-2H3/t12-,13-,14-,15-,18+,19-/m0/s1. The van der Waals surface area contributed by atoms with Crippen molar-refractivity contribution in [2.24, 2.45) is 34.5 Å². The number of rotatable bonds is 0. The van der Waals surface area contributed by atoms with Gasteiger partial charge in [-0.05, 0) is 48.9 Å². The maximum atomic E-state index is 12.8. The van der Waals surface area contributed by atoms with Gasteiger partial charge >= 0.3 is 0 Å². The molecule has 3 heteroatoms. The Morgan fingerprint density at radius 3 is 2.45 bits per heavy atom. The molecule has 0 unspecified atom stereocenters. The minimum Gasteiger partial charge on any atom is -0.300 e. The van der Waals surface area contributed by atoms with Crippen molar-refractivity contribution in [3.63, 3.8) is 0 Å². The summed E-state index contributed by atoms with van der Waals surface area (Å²) >= 11 is 0. The predicted molar refractivity (Wildman–Crippen MR) is 82.1 cm³/mol. The van der Waals surface area contributed by atoms with E-state index < -0.39 is 0 Å². The Morgan fingerprint density at radius 2 is 1.68 bits per heavy atom. The van der Waals surface area contributed by atoms with Crippen molar-refractivity contribution in [2.45, 2.75) is 65.2 Å². The Labute approximate surface area is 132 Å². The molecular formula is C19H26O3. The van der Waals surface area contributed by atoms with E-state index in [-0.39, 0.29) is 22.5 Å². The Morgan fingerprint density at radius 1 is 0.909 bits per heavy atom. The summed E-state index contributed by atoms with van der Waals surface area (Å²) in [5.41, 5.74) is -0.171. The van der Waals surface area contributed by atoms with E-state index in [1.165, 1.54) is 0 Å². The number of carbonyl (C=O) groups excluding carboxylic acids is 3. The van der Waals surface area contributed by atoms with Gasteiger partial charge in [-0.15, -0.1) is 0 Å². The molecule has 4 rings (SSSR count). The van der Waals surface area contributed by atoms with Gasteiger partial charge < -0.3 is 0 Å². The van der Waals surface area contributed by atoms with Crippen molar-refractivity contribution in [1.29, 1.82) is 0 Å². The van der Waals surface area contributed by atoms with Crippen LogP contribution in [0.5, 0.6) is 0 Å². The summed E-state index contributed by atoms with van der Waals surface area (Å²) in [6.07, 6.45) is 6.34. The molecule has 0 aromatic rings. The van der Waals surface area contributed by atoms with Gasteiger partial charge in [0.15, 0.2) is 0 Å². The molecule has 22 heavy (non-hydrogen) atoms. The van der Waals surface area contributed by atoms with Crippen LogP contribution in [0.2, 0.25) is 0 Å². The van der Waals surface area contributed by atoms with Gasteiger partial charge in [0, 0.05) is 37.0 Å². The minimum absolute atomic E-state index is 0.000871. The van der Waals surface area contributed by atoms with Crippen LogP contribution >= 0.6 is 0 Å².